The van der Waals surface area contributed by atoms with Crippen LogP contribution in [0.1, 0.15) is 31.4 Å². The Balaban J connectivity index is 1.91. The summed E-state index contributed by atoms with van der Waals surface area (Å²) in [6.45, 7) is 3.43. The van der Waals surface area contributed by atoms with Gasteiger partial charge in [-0.05, 0) is 54.3 Å². The normalized spacial score (nSPS) is 13.0. The highest BCUT2D eigenvalue weighted by atomic mass is 32.1. The Bertz CT molecular complexity index is 1400. The molecule has 0 aliphatic heterocycles. The summed E-state index contributed by atoms with van der Waals surface area (Å²) in [6, 6.07) is 15.7. The first-order valence-electron chi connectivity index (χ1n) is 13.3. The van der Waals surface area contributed by atoms with Crippen molar-refractivity contribution in [2.24, 2.45) is 0 Å². The molecule has 1 unspecified atom stereocenters. The standard InChI is InChI=1S/C31H38N4O5S/c1-31(2,33-30(39)40)17-11-16-27(36)34(4)25(19-22-20-41-26-15-10-9-14-23(22)26)29(38)35(5)24(28(37)32-3)18-21-12-7-6-8-13-21/h6-16,20,24-25,33H,17-19H2,1-5H3,(H,32,37)(H,39,40)/t24?,25-/m1/s1. The monoisotopic (exact) mass is 578 g/mol. The highest BCUT2D eigenvalue weighted by molar-refractivity contribution is 7.17. The van der Waals surface area contributed by atoms with Crippen LogP contribution in [-0.2, 0) is 27.2 Å². The largest absolute Gasteiger partial charge is 0.465 e. The van der Waals surface area contributed by atoms with Crippen LogP contribution in [0.5, 0.6) is 0 Å². The first kappa shape index (κ1) is 31.3. The van der Waals surface area contributed by atoms with Gasteiger partial charge in [0, 0.05) is 44.2 Å². The molecule has 4 amide bonds. The summed E-state index contributed by atoms with van der Waals surface area (Å²) in [5.41, 5.74) is 1.07. The van der Waals surface area contributed by atoms with Gasteiger partial charge in [-0.1, -0.05) is 54.6 Å². The minimum atomic E-state index is -1.15. The van der Waals surface area contributed by atoms with E-state index in [1.54, 1.807) is 45.4 Å². The number of amides is 4. The smallest absolute Gasteiger partial charge is 0.405 e. The number of carboxylic acid groups (broad SMARTS) is 1. The van der Waals surface area contributed by atoms with Crippen LogP contribution in [0.25, 0.3) is 10.1 Å². The van der Waals surface area contributed by atoms with Gasteiger partial charge in [0.25, 0.3) is 0 Å². The van der Waals surface area contributed by atoms with Gasteiger partial charge in [-0.25, -0.2) is 4.79 Å². The summed E-state index contributed by atoms with van der Waals surface area (Å²) in [5, 5.41) is 17.1. The summed E-state index contributed by atoms with van der Waals surface area (Å²) in [6.07, 6.45) is 2.67. The van der Waals surface area contributed by atoms with Crippen LogP contribution in [0.15, 0.2) is 72.1 Å². The van der Waals surface area contributed by atoms with Gasteiger partial charge >= 0.3 is 6.09 Å². The molecule has 3 aromatic rings. The maximum atomic E-state index is 14.1. The molecule has 0 fully saturated rings. The number of carbonyl (C=O) groups is 4. The van der Waals surface area contributed by atoms with Crippen molar-refractivity contribution in [1.82, 2.24) is 20.4 Å². The lowest BCUT2D eigenvalue weighted by Crippen LogP contribution is -2.55. The van der Waals surface area contributed by atoms with Gasteiger partial charge in [0.2, 0.25) is 17.7 Å². The molecule has 0 aliphatic carbocycles. The average molecular weight is 579 g/mol. The van der Waals surface area contributed by atoms with Crippen molar-refractivity contribution in [1.29, 1.82) is 0 Å². The molecular weight excluding hydrogens is 540 g/mol. The second-order valence-electron chi connectivity index (χ2n) is 10.6. The third-order valence-electron chi connectivity index (χ3n) is 7.04. The summed E-state index contributed by atoms with van der Waals surface area (Å²) in [7, 11) is 4.71. The fraction of sp³-hybridized carbons (Fsp3) is 0.355. The second kappa shape index (κ2) is 13.9. The quantitative estimate of drug-likeness (QED) is 0.280. The average Bonchev–Trinajstić information content (AvgIpc) is 3.35. The van der Waals surface area contributed by atoms with Crippen molar-refractivity contribution in [3.63, 3.8) is 0 Å². The molecule has 0 aliphatic rings. The van der Waals surface area contributed by atoms with Crippen LogP contribution in [0, 0.1) is 0 Å². The van der Waals surface area contributed by atoms with E-state index in [4.69, 9.17) is 5.11 Å². The lowest BCUT2D eigenvalue weighted by atomic mass is 9.99. The number of hydrogen-bond donors (Lipinski definition) is 3. The number of likely N-dealkylation sites (N-methyl/N-ethyl adjacent to an activating group) is 3. The van der Waals surface area contributed by atoms with Crippen molar-refractivity contribution in [2.45, 2.75) is 50.7 Å². The van der Waals surface area contributed by atoms with E-state index in [0.29, 0.717) is 6.42 Å². The molecule has 41 heavy (non-hydrogen) atoms. The van der Waals surface area contributed by atoms with E-state index in [0.717, 1.165) is 21.2 Å². The van der Waals surface area contributed by atoms with Crippen molar-refractivity contribution in [2.75, 3.05) is 21.1 Å². The Morgan fingerprint density at radius 3 is 2.27 bits per heavy atom. The zero-order chi connectivity index (χ0) is 30.2. The van der Waals surface area contributed by atoms with Crippen molar-refractivity contribution < 1.29 is 24.3 Å². The predicted octanol–water partition coefficient (Wildman–Crippen LogP) is 4.08. The fourth-order valence-corrected chi connectivity index (χ4v) is 5.63. The van der Waals surface area contributed by atoms with Crippen LogP contribution in [0.3, 0.4) is 0 Å². The van der Waals surface area contributed by atoms with Gasteiger partial charge in [0.15, 0.2) is 0 Å². The fourth-order valence-electron chi connectivity index (χ4n) is 4.65. The predicted molar refractivity (Wildman–Crippen MR) is 162 cm³/mol. The number of nitrogens with zero attached hydrogens (tertiary/aromatic N) is 2. The van der Waals surface area contributed by atoms with Gasteiger partial charge in [0.1, 0.15) is 12.1 Å². The number of fused-ring (bicyclic) bond motifs is 1. The topological polar surface area (TPSA) is 119 Å². The Hall–Kier alpha value is -4.18. The number of hydrogen-bond acceptors (Lipinski definition) is 5. The number of carbonyl (C=O) groups excluding carboxylic acids is 3. The van der Waals surface area contributed by atoms with Crippen molar-refractivity contribution in [3.05, 3.63) is 83.3 Å². The molecular formula is C31H38N4O5S. The van der Waals surface area contributed by atoms with E-state index in [1.807, 2.05) is 60.0 Å². The first-order valence-corrected chi connectivity index (χ1v) is 14.2. The minimum absolute atomic E-state index is 0.265. The first-order chi connectivity index (χ1) is 19.4. The van der Waals surface area contributed by atoms with Gasteiger partial charge in [-0.3, -0.25) is 14.4 Å². The second-order valence-corrected chi connectivity index (χ2v) is 11.5. The van der Waals surface area contributed by atoms with E-state index >= 15 is 0 Å². The third-order valence-corrected chi connectivity index (χ3v) is 8.06. The molecule has 1 aromatic heterocycles. The SMILES string of the molecule is CNC(=O)C(Cc1ccccc1)N(C)C(=O)[C@@H](Cc1csc2ccccc12)N(C)C(=O)C=CCC(C)(C)NC(=O)O. The van der Waals surface area contributed by atoms with Crippen molar-refractivity contribution >= 4 is 45.2 Å². The molecule has 3 rings (SSSR count). The molecule has 0 saturated heterocycles. The Kier molecular flexibility index (Phi) is 10.7. The number of benzene rings is 2. The summed E-state index contributed by atoms with van der Waals surface area (Å²) in [4.78, 5) is 54.3. The lowest BCUT2D eigenvalue weighted by molar-refractivity contribution is -0.146. The number of thiophene rings is 1. The zero-order valence-corrected chi connectivity index (χ0v) is 24.9. The van der Waals surface area contributed by atoms with E-state index in [-0.39, 0.29) is 24.7 Å². The van der Waals surface area contributed by atoms with E-state index < -0.39 is 29.6 Å². The van der Waals surface area contributed by atoms with Gasteiger partial charge < -0.3 is 25.5 Å². The molecule has 0 bridgehead atoms. The summed E-state index contributed by atoms with van der Waals surface area (Å²) < 4.78 is 1.08. The molecule has 2 aromatic carbocycles. The highest BCUT2D eigenvalue weighted by Gasteiger charge is 2.35. The van der Waals surface area contributed by atoms with Crippen molar-refractivity contribution in [3.8, 4) is 0 Å². The molecule has 9 nitrogen and oxygen atoms in total. The van der Waals surface area contributed by atoms with E-state index in [2.05, 4.69) is 10.6 Å². The molecule has 3 N–H and O–H groups in total. The molecule has 218 valence electrons. The van der Waals surface area contributed by atoms with Crippen LogP contribution in [0.2, 0.25) is 0 Å². The zero-order valence-electron chi connectivity index (χ0n) is 24.1. The van der Waals surface area contributed by atoms with Crippen LogP contribution in [0.4, 0.5) is 4.79 Å². The summed E-state index contributed by atoms with van der Waals surface area (Å²) >= 11 is 1.57. The molecule has 0 radical (unpaired) electrons. The molecule has 2 atom stereocenters. The molecule has 1 heterocycles. The Labute approximate surface area is 244 Å². The maximum Gasteiger partial charge on any atom is 0.405 e. The summed E-state index contributed by atoms with van der Waals surface area (Å²) in [5.74, 6) is -1.06. The van der Waals surface area contributed by atoms with Gasteiger partial charge in [-0.2, -0.15) is 0 Å². The third kappa shape index (κ3) is 8.40. The molecule has 0 saturated carbocycles. The number of nitrogens with one attached hydrogen (secondary N) is 2. The van der Waals surface area contributed by atoms with Crippen LogP contribution in [-0.4, -0.2) is 77.5 Å². The van der Waals surface area contributed by atoms with Gasteiger partial charge in [-0.15, -0.1) is 11.3 Å². The highest BCUT2D eigenvalue weighted by Crippen LogP contribution is 2.28. The van der Waals surface area contributed by atoms with E-state index in [1.165, 1.54) is 22.9 Å². The molecule has 10 heteroatoms. The van der Waals surface area contributed by atoms with E-state index in [9.17, 15) is 19.2 Å². The van der Waals surface area contributed by atoms with Crippen LogP contribution >= 0.6 is 11.3 Å². The maximum absolute atomic E-state index is 14.1. The van der Waals surface area contributed by atoms with Crippen LogP contribution < -0.4 is 10.6 Å². The van der Waals surface area contributed by atoms with Gasteiger partial charge in [0.05, 0.1) is 0 Å². The minimum Gasteiger partial charge on any atom is -0.465 e. The Morgan fingerprint density at radius 1 is 0.951 bits per heavy atom. The number of rotatable bonds is 12. The molecule has 0 spiro atoms. The Morgan fingerprint density at radius 2 is 1.61 bits per heavy atom. The lowest BCUT2D eigenvalue weighted by Gasteiger charge is -2.34.